The van der Waals surface area contributed by atoms with Gasteiger partial charge in [-0.05, 0) is 54.1 Å². The number of carbonyl (C=O) groups excluding carboxylic acids is 1. The second kappa shape index (κ2) is 6.79. The SMILES string of the molecule is CCOc1ccc(C=CC(=O)N2CCc3sccc3C2)cc1. The zero-order valence-electron chi connectivity index (χ0n) is 12.6. The minimum Gasteiger partial charge on any atom is -0.494 e. The molecule has 0 bridgehead atoms. The van der Waals surface area contributed by atoms with Gasteiger partial charge in [-0.3, -0.25) is 4.79 Å². The van der Waals surface area contributed by atoms with Crippen molar-refractivity contribution in [3.63, 3.8) is 0 Å². The molecule has 0 unspecified atom stereocenters. The minimum atomic E-state index is 0.0748. The quantitative estimate of drug-likeness (QED) is 0.805. The van der Waals surface area contributed by atoms with E-state index in [9.17, 15) is 4.79 Å². The highest BCUT2D eigenvalue weighted by molar-refractivity contribution is 7.10. The van der Waals surface area contributed by atoms with E-state index in [1.165, 1.54) is 10.4 Å². The molecule has 4 heteroatoms. The number of nitrogens with zero attached hydrogens (tertiary/aromatic N) is 1. The first-order valence-electron chi connectivity index (χ1n) is 7.51. The number of ether oxygens (including phenoxy) is 1. The van der Waals surface area contributed by atoms with Gasteiger partial charge >= 0.3 is 0 Å². The number of fused-ring (bicyclic) bond motifs is 1. The Kier molecular flexibility index (Phi) is 4.59. The topological polar surface area (TPSA) is 29.5 Å². The second-order valence-electron chi connectivity index (χ2n) is 5.21. The van der Waals surface area contributed by atoms with Gasteiger partial charge in [0.15, 0.2) is 0 Å². The Labute approximate surface area is 134 Å². The first kappa shape index (κ1) is 14.9. The average molecular weight is 313 g/mol. The minimum absolute atomic E-state index is 0.0748. The molecule has 2 heterocycles. The molecule has 0 N–H and O–H groups in total. The lowest BCUT2D eigenvalue weighted by Crippen LogP contribution is -2.34. The predicted molar refractivity (Wildman–Crippen MR) is 90.1 cm³/mol. The van der Waals surface area contributed by atoms with E-state index in [4.69, 9.17) is 4.74 Å². The third kappa shape index (κ3) is 3.39. The number of carbonyl (C=O) groups is 1. The van der Waals surface area contributed by atoms with Crippen molar-refractivity contribution in [1.29, 1.82) is 0 Å². The summed E-state index contributed by atoms with van der Waals surface area (Å²) >= 11 is 1.79. The van der Waals surface area contributed by atoms with Gasteiger partial charge < -0.3 is 9.64 Å². The molecule has 3 nitrogen and oxygen atoms in total. The Morgan fingerprint density at radius 2 is 2.14 bits per heavy atom. The normalized spacial score (nSPS) is 14.1. The van der Waals surface area contributed by atoms with E-state index in [0.717, 1.165) is 30.8 Å². The maximum absolute atomic E-state index is 12.3. The van der Waals surface area contributed by atoms with Crippen molar-refractivity contribution in [2.45, 2.75) is 19.9 Å². The predicted octanol–water partition coefficient (Wildman–Crippen LogP) is 3.74. The fourth-order valence-electron chi connectivity index (χ4n) is 2.55. The summed E-state index contributed by atoms with van der Waals surface area (Å²) in [5, 5.41) is 2.11. The van der Waals surface area contributed by atoms with E-state index in [-0.39, 0.29) is 5.91 Å². The van der Waals surface area contributed by atoms with Gasteiger partial charge in [-0.2, -0.15) is 0 Å². The molecular formula is C18H19NO2S. The molecule has 3 rings (SSSR count). The Hall–Kier alpha value is -2.07. The molecule has 1 aromatic carbocycles. The van der Waals surface area contributed by atoms with Crippen molar-refractivity contribution >= 4 is 23.3 Å². The number of benzene rings is 1. The molecule has 1 amide bonds. The van der Waals surface area contributed by atoms with E-state index in [0.29, 0.717) is 6.61 Å². The van der Waals surface area contributed by atoms with Crippen LogP contribution in [0.25, 0.3) is 6.08 Å². The maximum atomic E-state index is 12.3. The summed E-state index contributed by atoms with van der Waals surface area (Å²) in [4.78, 5) is 15.6. The smallest absolute Gasteiger partial charge is 0.246 e. The van der Waals surface area contributed by atoms with E-state index >= 15 is 0 Å². The number of rotatable bonds is 4. The van der Waals surface area contributed by atoms with Gasteiger partial charge in [0, 0.05) is 24.0 Å². The van der Waals surface area contributed by atoms with E-state index in [2.05, 4.69) is 11.4 Å². The first-order valence-corrected chi connectivity index (χ1v) is 8.39. The van der Waals surface area contributed by atoms with Crippen LogP contribution in [-0.2, 0) is 17.8 Å². The number of thiophene rings is 1. The van der Waals surface area contributed by atoms with Crippen molar-refractivity contribution in [2.24, 2.45) is 0 Å². The van der Waals surface area contributed by atoms with Crippen LogP contribution in [0, 0.1) is 0 Å². The molecule has 0 saturated heterocycles. The standard InChI is InChI=1S/C18H19NO2S/c1-2-21-16-6-3-14(4-7-16)5-8-18(20)19-11-9-17-15(13-19)10-12-22-17/h3-8,10,12H,2,9,11,13H2,1H3. The van der Waals surface area contributed by atoms with Crippen molar-refractivity contribution < 1.29 is 9.53 Å². The van der Waals surface area contributed by atoms with Crippen LogP contribution in [-0.4, -0.2) is 24.0 Å². The van der Waals surface area contributed by atoms with Gasteiger partial charge in [0.05, 0.1) is 6.61 Å². The summed E-state index contributed by atoms with van der Waals surface area (Å²) in [7, 11) is 0. The molecule has 0 spiro atoms. The molecule has 1 aliphatic heterocycles. The molecule has 0 radical (unpaired) electrons. The highest BCUT2D eigenvalue weighted by atomic mass is 32.1. The van der Waals surface area contributed by atoms with Crippen LogP contribution in [0.4, 0.5) is 0 Å². The van der Waals surface area contributed by atoms with Gasteiger partial charge in [0.1, 0.15) is 5.75 Å². The van der Waals surface area contributed by atoms with Crippen LogP contribution in [0.1, 0.15) is 22.9 Å². The Morgan fingerprint density at radius 3 is 2.91 bits per heavy atom. The summed E-state index contributed by atoms with van der Waals surface area (Å²) in [6.45, 7) is 4.16. The number of hydrogen-bond donors (Lipinski definition) is 0. The lowest BCUT2D eigenvalue weighted by atomic mass is 10.1. The summed E-state index contributed by atoms with van der Waals surface area (Å²) in [6.07, 6.45) is 4.49. The van der Waals surface area contributed by atoms with Crippen LogP contribution in [0.3, 0.4) is 0 Å². The third-order valence-electron chi connectivity index (χ3n) is 3.73. The van der Waals surface area contributed by atoms with Gasteiger partial charge in [-0.25, -0.2) is 0 Å². The van der Waals surface area contributed by atoms with Crippen LogP contribution >= 0.6 is 11.3 Å². The lowest BCUT2D eigenvalue weighted by molar-refractivity contribution is -0.126. The molecule has 0 aliphatic carbocycles. The van der Waals surface area contributed by atoms with Crippen molar-refractivity contribution in [1.82, 2.24) is 4.90 Å². The molecule has 0 fully saturated rings. The number of amides is 1. The van der Waals surface area contributed by atoms with Gasteiger partial charge in [-0.1, -0.05) is 12.1 Å². The Bertz CT molecular complexity index is 673. The molecule has 22 heavy (non-hydrogen) atoms. The van der Waals surface area contributed by atoms with Crippen molar-refractivity contribution in [2.75, 3.05) is 13.2 Å². The van der Waals surface area contributed by atoms with Crippen LogP contribution < -0.4 is 4.74 Å². The summed E-state index contributed by atoms with van der Waals surface area (Å²) < 4.78 is 5.41. The van der Waals surface area contributed by atoms with Gasteiger partial charge in [0.25, 0.3) is 0 Å². The van der Waals surface area contributed by atoms with Gasteiger partial charge in [0.2, 0.25) is 5.91 Å². The number of hydrogen-bond acceptors (Lipinski definition) is 3. The highest BCUT2D eigenvalue weighted by Gasteiger charge is 2.19. The largest absolute Gasteiger partial charge is 0.494 e. The van der Waals surface area contributed by atoms with Crippen molar-refractivity contribution in [3.8, 4) is 5.75 Å². The summed E-state index contributed by atoms with van der Waals surface area (Å²) in [6, 6.07) is 9.89. The van der Waals surface area contributed by atoms with E-state index in [1.807, 2.05) is 42.2 Å². The zero-order chi connectivity index (χ0) is 15.4. The summed E-state index contributed by atoms with van der Waals surface area (Å²) in [5.41, 5.74) is 2.30. The molecule has 0 saturated carbocycles. The first-order chi connectivity index (χ1) is 10.8. The zero-order valence-corrected chi connectivity index (χ0v) is 13.4. The fourth-order valence-corrected chi connectivity index (χ4v) is 3.44. The molecule has 2 aromatic rings. The molecular weight excluding hydrogens is 294 g/mol. The summed E-state index contributed by atoms with van der Waals surface area (Å²) in [5.74, 6) is 0.928. The average Bonchev–Trinajstić information content (AvgIpc) is 3.01. The van der Waals surface area contributed by atoms with Crippen molar-refractivity contribution in [3.05, 3.63) is 57.8 Å². The molecule has 1 aromatic heterocycles. The van der Waals surface area contributed by atoms with Crippen LogP contribution in [0.2, 0.25) is 0 Å². The second-order valence-corrected chi connectivity index (χ2v) is 6.21. The fraction of sp³-hybridized carbons (Fsp3) is 0.278. The third-order valence-corrected chi connectivity index (χ3v) is 4.75. The van der Waals surface area contributed by atoms with Crippen LogP contribution in [0.15, 0.2) is 41.8 Å². The molecule has 0 atom stereocenters. The van der Waals surface area contributed by atoms with E-state index in [1.54, 1.807) is 17.4 Å². The monoisotopic (exact) mass is 313 g/mol. The maximum Gasteiger partial charge on any atom is 0.246 e. The Balaban J connectivity index is 1.61. The van der Waals surface area contributed by atoms with E-state index < -0.39 is 0 Å². The highest BCUT2D eigenvalue weighted by Crippen LogP contribution is 2.24. The lowest BCUT2D eigenvalue weighted by Gasteiger charge is -2.25. The molecule has 1 aliphatic rings. The Morgan fingerprint density at radius 1 is 1.32 bits per heavy atom. The van der Waals surface area contributed by atoms with Crippen LogP contribution in [0.5, 0.6) is 5.75 Å². The molecule has 114 valence electrons. The van der Waals surface area contributed by atoms with Gasteiger partial charge in [-0.15, -0.1) is 11.3 Å².